The van der Waals surface area contributed by atoms with Crippen LogP contribution in [0.2, 0.25) is 0 Å². The lowest BCUT2D eigenvalue weighted by molar-refractivity contribution is 0.198. The van der Waals surface area contributed by atoms with Crippen molar-refractivity contribution in [1.29, 1.82) is 0 Å². The second kappa shape index (κ2) is 5.30. The Hall–Kier alpha value is -1.09. The summed E-state index contributed by atoms with van der Waals surface area (Å²) in [5.41, 5.74) is 0. The average Bonchev–Trinajstić information content (AvgIpc) is 2.69. The van der Waals surface area contributed by atoms with Gasteiger partial charge in [0.25, 0.3) is 0 Å². The highest BCUT2D eigenvalue weighted by atomic mass is 16.5. The lowest BCUT2D eigenvalue weighted by Gasteiger charge is -2.19. The van der Waals surface area contributed by atoms with Gasteiger partial charge in [-0.1, -0.05) is 13.3 Å². The zero-order valence-electron chi connectivity index (χ0n) is 10.1. The third kappa shape index (κ3) is 2.73. The average molecular weight is 220 g/mol. The topological polar surface area (TPSA) is 25.4 Å². The zero-order chi connectivity index (χ0) is 11.4. The molecule has 0 saturated carbocycles. The van der Waals surface area contributed by atoms with Gasteiger partial charge in [0.05, 0.1) is 6.20 Å². The van der Waals surface area contributed by atoms with E-state index >= 15 is 0 Å². The largest absolute Gasteiger partial charge is 0.490 e. The first-order chi connectivity index (χ1) is 7.79. The van der Waals surface area contributed by atoms with Crippen molar-refractivity contribution in [1.82, 2.24) is 9.88 Å². The fourth-order valence-corrected chi connectivity index (χ4v) is 2.31. The van der Waals surface area contributed by atoms with Crippen molar-refractivity contribution in [2.24, 2.45) is 5.92 Å². The lowest BCUT2D eigenvalue weighted by Crippen LogP contribution is -2.30. The fraction of sp³-hybridized carbons (Fsp3) is 0.615. The SMILES string of the molecule is CC[C@H]1CC(COc2cccnc2)N(C)C1. The minimum atomic E-state index is 0.560. The van der Waals surface area contributed by atoms with Crippen molar-refractivity contribution >= 4 is 0 Å². The molecule has 1 unspecified atom stereocenters. The molecule has 3 heteroatoms. The van der Waals surface area contributed by atoms with Crippen LogP contribution in [0.3, 0.4) is 0 Å². The molecule has 16 heavy (non-hydrogen) atoms. The van der Waals surface area contributed by atoms with Crippen molar-refractivity contribution in [3.8, 4) is 5.75 Å². The molecule has 1 saturated heterocycles. The van der Waals surface area contributed by atoms with Crippen molar-refractivity contribution in [2.75, 3.05) is 20.2 Å². The Morgan fingerprint density at radius 2 is 2.44 bits per heavy atom. The van der Waals surface area contributed by atoms with Gasteiger partial charge < -0.3 is 4.74 Å². The predicted octanol–water partition coefficient (Wildman–Crippen LogP) is 2.19. The summed E-state index contributed by atoms with van der Waals surface area (Å²) in [7, 11) is 2.19. The van der Waals surface area contributed by atoms with Gasteiger partial charge in [-0.3, -0.25) is 9.88 Å². The Balaban J connectivity index is 1.82. The summed E-state index contributed by atoms with van der Waals surface area (Å²) >= 11 is 0. The first kappa shape index (κ1) is 11.4. The van der Waals surface area contributed by atoms with Gasteiger partial charge >= 0.3 is 0 Å². The number of pyridine rings is 1. The third-order valence-electron chi connectivity index (χ3n) is 3.43. The second-order valence-electron chi connectivity index (χ2n) is 4.60. The number of nitrogens with zero attached hydrogens (tertiary/aromatic N) is 2. The second-order valence-corrected chi connectivity index (χ2v) is 4.60. The van der Waals surface area contributed by atoms with Crippen LogP contribution < -0.4 is 4.74 Å². The first-order valence-corrected chi connectivity index (χ1v) is 6.02. The van der Waals surface area contributed by atoms with Crippen molar-refractivity contribution in [2.45, 2.75) is 25.8 Å². The maximum absolute atomic E-state index is 5.75. The van der Waals surface area contributed by atoms with Crippen LogP contribution in [0.25, 0.3) is 0 Å². The van der Waals surface area contributed by atoms with E-state index in [1.807, 2.05) is 12.1 Å². The van der Waals surface area contributed by atoms with Gasteiger partial charge in [0.1, 0.15) is 12.4 Å². The molecule has 0 radical (unpaired) electrons. The summed E-state index contributed by atoms with van der Waals surface area (Å²) in [5, 5.41) is 0. The summed E-state index contributed by atoms with van der Waals surface area (Å²) in [6, 6.07) is 4.42. The molecular formula is C13H20N2O. The molecule has 0 aromatic carbocycles. The molecule has 1 aromatic rings. The quantitative estimate of drug-likeness (QED) is 0.777. The van der Waals surface area contributed by atoms with E-state index in [0.29, 0.717) is 6.04 Å². The van der Waals surface area contributed by atoms with Gasteiger partial charge in [0.2, 0.25) is 0 Å². The number of hydrogen-bond acceptors (Lipinski definition) is 3. The van der Waals surface area contributed by atoms with E-state index in [-0.39, 0.29) is 0 Å². The highest BCUT2D eigenvalue weighted by Gasteiger charge is 2.28. The molecule has 1 fully saturated rings. The predicted molar refractivity (Wildman–Crippen MR) is 64.5 cm³/mol. The van der Waals surface area contributed by atoms with Crippen LogP contribution in [0.15, 0.2) is 24.5 Å². The van der Waals surface area contributed by atoms with E-state index in [9.17, 15) is 0 Å². The fourth-order valence-electron chi connectivity index (χ4n) is 2.31. The van der Waals surface area contributed by atoms with Crippen LogP contribution >= 0.6 is 0 Å². The monoisotopic (exact) mass is 220 g/mol. The first-order valence-electron chi connectivity index (χ1n) is 6.02. The van der Waals surface area contributed by atoms with Crippen LogP contribution in [-0.4, -0.2) is 36.1 Å². The van der Waals surface area contributed by atoms with Crippen LogP contribution in [0.1, 0.15) is 19.8 Å². The molecule has 2 heterocycles. The Bertz CT molecular complexity index is 315. The molecule has 1 aliphatic heterocycles. The van der Waals surface area contributed by atoms with E-state index in [4.69, 9.17) is 4.74 Å². The standard InChI is InChI=1S/C13H20N2O/c1-3-11-7-12(15(2)9-11)10-16-13-5-4-6-14-8-13/h4-6,8,11-12H,3,7,9-10H2,1-2H3/t11-,12?/m0/s1. The van der Waals surface area contributed by atoms with Crippen LogP contribution in [0.4, 0.5) is 0 Å². The van der Waals surface area contributed by atoms with Gasteiger partial charge in [0, 0.05) is 18.8 Å². The van der Waals surface area contributed by atoms with Crippen LogP contribution in [0.5, 0.6) is 5.75 Å². The van der Waals surface area contributed by atoms with Crippen LogP contribution in [0, 0.1) is 5.92 Å². The maximum atomic E-state index is 5.75. The molecule has 2 rings (SSSR count). The number of ether oxygens (including phenoxy) is 1. The van der Waals surface area contributed by atoms with E-state index in [1.165, 1.54) is 19.4 Å². The Morgan fingerprint density at radius 1 is 1.56 bits per heavy atom. The molecule has 2 atom stereocenters. The number of likely N-dealkylation sites (tertiary alicyclic amines) is 1. The Labute approximate surface area is 97.4 Å². The summed E-state index contributed by atoms with van der Waals surface area (Å²) in [6.45, 7) is 4.25. The van der Waals surface area contributed by atoms with E-state index < -0.39 is 0 Å². The van der Waals surface area contributed by atoms with Gasteiger partial charge in [-0.05, 0) is 31.5 Å². The highest BCUT2D eigenvalue weighted by molar-refractivity contribution is 5.15. The third-order valence-corrected chi connectivity index (χ3v) is 3.43. The highest BCUT2D eigenvalue weighted by Crippen LogP contribution is 2.24. The van der Waals surface area contributed by atoms with E-state index in [0.717, 1.165) is 18.3 Å². The van der Waals surface area contributed by atoms with Gasteiger partial charge in [0.15, 0.2) is 0 Å². The molecule has 0 N–H and O–H groups in total. The molecule has 0 spiro atoms. The molecule has 3 nitrogen and oxygen atoms in total. The van der Waals surface area contributed by atoms with Gasteiger partial charge in [-0.25, -0.2) is 0 Å². The number of rotatable bonds is 4. The Morgan fingerprint density at radius 3 is 3.06 bits per heavy atom. The van der Waals surface area contributed by atoms with Crippen LogP contribution in [-0.2, 0) is 0 Å². The smallest absolute Gasteiger partial charge is 0.137 e. The van der Waals surface area contributed by atoms with Crippen molar-refractivity contribution < 1.29 is 4.74 Å². The minimum Gasteiger partial charge on any atom is -0.490 e. The molecule has 0 amide bonds. The molecule has 0 bridgehead atoms. The summed E-state index contributed by atoms with van der Waals surface area (Å²) in [4.78, 5) is 6.45. The summed E-state index contributed by atoms with van der Waals surface area (Å²) < 4.78 is 5.75. The van der Waals surface area contributed by atoms with Crippen molar-refractivity contribution in [3.05, 3.63) is 24.5 Å². The summed E-state index contributed by atoms with van der Waals surface area (Å²) in [5.74, 6) is 1.71. The lowest BCUT2D eigenvalue weighted by atomic mass is 10.0. The van der Waals surface area contributed by atoms with Gasteiger partial charge in [-0.15, -0.1) is 0 Å². The molecule has 88 valence electrons. The van der Waals surface area contributed by atoms with E-state index in [2.05, 4.69) is 23.9 Å². The number of aromatic nitrogens is 1. The Kier molecular flexibility index (Phi) is 3.78. The number of likely N-dealkylation sites (N-methyl/N-ethyl adjacent to an activating group) is 1. The molecular weight excluding hydrogens is 200 g/mol. The maximum Gasteiger partial charge on any atom is 0.137 e. The van der Waals surface area contributed by atoms with Crippen molar-refractivity contribution in [3.63, 3.8) is 0 Å². The molecule has 1 aliphatic rings. The zero-order valence-corrected chi connectivity index (χ0v) is 10.1. The van der Waals surface area contributed by atoms with E-state index in [1.54, 1.807) is 12.4 Å². The molecule has 1 aromatic heterocycles. The normalized spacial score (nSPS) is 25.9. The number of hydrogen-bond donors (Lipinski definition) is 0. The summed E-state index contributed by atoms with van der Waals surface area (Å²) in [6.07, 6.45) is 6.06. The minimum absolute atomic E-state index is 0.560. The molecule has 0 aliphatic carbocycles. The van der Waals surface area contributed by atoms with Gasteiger partial charge in [-0.2, -0.15) is 0 Å².